The summed E-state index contributed by atoms with van der Waals surface area (Å²) in [5.74, 6) is -1.28. The second-order valence-corrected chi connectivity index (χ2v) is 7.01. The summed E-state index contributed by atoms with van der Waals surface area (Å²) < 4.78 is 10.8. The predicted molar refractivity (Wildman–Crippen MR) is 109 cm³/mol. The molecule has 2 aromatic carbocycles. The van der Waals surface area contributed by atoms with Crippen LogP contribution in [0.15, 0.2) is 48.5 Å². The molecule has 1 aliphatic rings. The van der Waals surface area contributed by atoms with Crippen molar-refractivity contribution < 1.29 is 44.7 Å². The monoisotopic (exact) mass is 447 g/mol. The van der Waals surface area contributed by atoms with Crippen LogP contribution in [-0.2, 0) is 4.74 Å². The van der Waals surface area contributed by atoms with E-state index in [1.807, 2.05) is 0 Å². The third kappa shape index (κ3) is 4.93. The highest BCUT2D eigenvalue weighted by atomic mass is 16.7. The molecular formula is C21H21NO10. The Hall–Kier alpha value is -3.35. The highest BCUT2D eigenvalue weighted by molar-refractivity contribution is 6.10. The minimum Gasteiger partial charge on any atom is -0.507 e. The first-order valence-corrected chi connectivity index (χ1v) is 9.49. The number of nitro groups is 1. The number of nitro benzene ring substituents is 1. The van der Waals surface area contributed by atoms with Crippen LogP contribution in [-0.4, -0.2) is 73.6 Å². The average Bonchev–Trinajstić information content (AvgIpc) is 2.78. The molecule has 3 rings (SSSR count). The van der Waals surface area contributed by atoms with Gasteiger partial charge in [0.05, 0.1) is 11.5 Å². The lowest BCUT2D eigenvalue weighted by Crippen LogP contribution is -2.60. The fraction of sp³-hybridized carbons (Fsp3) is 0.286. The summed E-state index contributed by atoms with van der Waals surface area (Å²) in [4.78, 5) is 22.9. The van der Waals surface area contributed by atoms with Crippen molar-refractivity contribution in [1.82, 2.24) is 0 Å². The lowest BCUT2D eigenvalue weighted by atomic mass is 9.99. The number of ether oxygens (including phenoxy) is 2. The molecule has 0 amide bonds. The fourth-order valence-corrected chi connectivity index (χ4v) is 3.12. The molecule has 32 heavy (non-hydrogen) atoms. The number of hydrogen-bond acceptors (Lipinski definition) is 10. The van der Waals surface area contributed by atoms with Crippen molar-refractivity contribution in [2.24, 2.45) is 0 Å². The number of aromatic hydroxyl groups is 1. The number of rotatable bonds is 7. The van der Waals surface area contributed by atoms with Gasteiger partial charge in [-0.05, 0) is 35.9 Å². The molecule has 0 saturated carbocycles. The first-order valence-electron chi connectivity index (χ1n) is 9.49. The number of carbonyl (C=O) groups excluding carboxylic acids is 1. The molecule has 11 nitrogen and oxygen atoms in total. The van der Waals surface area contributed by atoms with Crippen LogP contribution in [0.25, 0.3) is 6.08 Å². The second kappa shape index (κ2) is 9.85. The number of phenolic OH excluding ortho intramolecular Hbond substituents is 1. The highest BCUT2D eigenvalue weighted by Crippen LogP contribution is 2.32. The third-order valence-electron chi connectivity index (χ3n) is 4.87. The van der Waals surface area contributed by atoms with E-state index in [9.17, 15) is 40.4 Å². The van der Waals surface area contributed by atoms with E-state index in [1.165, 1.54) is 48.5 Å². The van der Waals surface area contributed by atoms with E-state index in [2.05, 4.69) is 0 Å². The maximum atomic E-state index is 12.7. The number of ketones is 1. The smallest absolute Gasteiger partial charge is 0.269 e. The largest absolute Gasteiger partial charge is 0.507 e. The van der Waals surface area contributed by atoms with Crippen molar-refractivity contribution in [3.63, 3.8) is 0 Å². The minimum atomic E-state index is -1.70. The van der Waals surface area contributed by atoms with Gasteiger partial charge in [-0.25, -0.2) is 0 Å². The Labute approximate surface area is 181 Å². The molecular weight excluding hydrogens is 426 g/mol. The molecule has 2 aromatic rings. The Bertz CT molecular complexity index is 1000. The molecule has 0 aliphatic carbocycles. The number of benzene rings is 2. The first kappa shape index (κ1) is 23.3. The van der Waals surface area contributed by atoms with Gasteiger partial charge >= 0.3 is 0 Å². The minimum absolute atomic E-state index is 0.107. The van der Waals surface area contributed by atoms with Gasteiger partial charge in [0.2, 0.25) is 6.29 Å². The van der Waals surface area contributed by atoms with Gasteiger partial charge in [0.15, 0.2) is 5.78 Å². The lowest BCUT2D eigenvalue weighted by Gasteiger charge is -2.39. The van der Waals surface area contributed by atoms with Crippen molar-refractivity contribution >= 4 is 17.5 Å². The maximum absolute atomic E-state index is 12.7. The van der Waals surface area contributed by atoms with Gasteiger partial charge in [-0.1, -0.05) is 12.1 Å². The van der Waals surface area contributed by atoms with Crippen LogP contribution in [0.2, 0.25) is 0 Å². The molecule has 0 radical (unpaired) electrons. The normalized spacial score (nSPS) is 25.6. The third-order valence-corrected chi connectivity index (χ3v) is 4.87. The van der Waals surface area contributed by atoms with Crippen LogP contribution in [0.1, 0.15) is 15.9 Å². The molecule has 170 valence electrons. The van der Waals surface area contributed by atoms with Crippen LogP contribution >= 0.6 is 0 Å². The quantitative estimate of drug-likeness (QED) is 0.172. The second-order valence-electron chi connectivity index (χ2n) is 7.01. The molecule has 11 heteroatoms. The summed E-state index contributed by atoms with van der Waals surface area (Å²) >= 11 is 0. The zero-order valence-electron chi connectivity index (χ0n) is 16.5. The van der Waals surface area contributed by atoms with Crippen LogP contribution in [0.3, 0.4) is 0 Å². The summed E-state index contributed by atoms with van der Waals surface area (Å²) in [6, 6.07) is 9.39. The van der Waals surface area contributed by atoms with Gasteiger partial charge in [-0.2, -0.15) is 0 Å². The number of aliphatic hydroxyl groups is 4. The topological polar surface area (TPSA) is 180 Å². The van der Waals surface area contributed by atoms with Crippen LogP contribution in [0.5, 0.6) is 11.5 Å². The van der Waals surface area contributed by atoms with Crippen molar-refractivity contribution in [3.8, 4) is 11.5 Å². The SMILES string of the molecule is O=C(/C=C/c1ccc([N+](=O)[O-])cc1)c1c(O)cccc1O[C@H]1O[C@H](CO)[C@H](O)[C@@H](O)[C@@H]1O. The Morgan fingerprint density at radius 3 is 2.41 bits per heavy atom. The van der Waals surface area contributed by atoms with E-state index in [4.69, 9.17) is 9.47 Å². The van der Waals surface area contributed by atoms with Crippen molar-refractivity contribution in [3.05, 3.63) is 69.8 Å². The molecule has 1 aliphatic heterocycles. The Balaban J connectivity index is 1.82. The van der Waals surface area contributed by atoms with Crippen LogP contribution in [0, 0.1) is 10.1 Å². The number of aliphatic hydroxyl groups excluding tert-OH is 4. The zero-order chi connectivity index (χ0) is 23.4. The Morgan fingerprint density at radius 2 is 1.78 bits per heavy atom. The molecule has 1 saturated heterocycles. The van der Waals surface area contributed by atoms with Gasteiger partial charge in [-0.3, -0.25) is 14.9 Å². The number of non-ortho nitro benzene ring substituents is 1. The number of nitrogens with zero attached hydrogens (tertiary/aromatic N) is 1. The predicted octanol–water partition coefficient (Wildman–Crippen LogP) is 0.375. The van der Waals surface area contributed by atoms with E-state index in [0.717, 1.165) is 6.08 Å². The van der Waals surface area contributed by atoms with E-state index >= 15 is 0 Å². The van der Waals surface area contributed by atoms with Crippen LogP contribution < -0.4 is 4.74 Å². The van der Waals surface area contributed by atoms with E-state index in [1.54, 1.807) is 0 Å². The van der Waals surface area contributed by atoms with Crippen molar-refractivity contribution in [2.75, 3.05) is 6.61 Å². The van der Waals surface area contributed by atoms with Gasteiger partial charge in [-0.15, -0.1) is 0 Å². The summed E-state index contributed by atoms with van der Waals surface area (Å²) in [5, 5.41) is 60.1. The molecule has 5 N–H and O–H groups in total. The van der Waals surface area contributed by atoms with E-state index in [-0.39, 0.29) is 17.0 Å². The number of allylic oxidation sites excluding steroid dienone is 1. The zero-order valence-corrected chi connectivity index (χ0v) is 16.5. The molecule has 0 aromatic heterocycles. The summed E-state index contributed by atoms with van der Waals surface area (Å²) in [5.41, 5.74) is 0.128. The fourth-order valence-electron chi connectivity index (χ4n) is 3.12. The van der Waals surface area contributed by atoms with E-state index < -0.39 is 53.8 Å². The molecule has 1 heterocycles. The van der Waals surface area contributed by atoms with Crippen molar-refractivity contribution in [1.29, 1.82) is 0 Å². The summed E-state index contributed by atoms with van der Waals surface area (Å²) in [6.07, 6.45) is -5.20. The van der Waals surface area contributed by atoms with E-state index in [0.29, 0.717) is 5.56 Å². The Morgan fingerprint density at radius 1 is 1.09 bits per heavy atom. The highest BCUT2D eigenvalue weighted by Gasteiger charge is 2.45. The molecule has 0 unspecified atom stereocenters. The number of hydrogen-bond donors (Lipinski definition) is 5. The standard InChI is InChI=1S/C21H21NO10/c23-10-16-18(26)19(27)20(28)21(32-16)31-15-3-1-2-13(24)17(15)14(25)9-6-11-4-7-12(8-5-11)22(29)30/h1-9,16,18-21,23-24,26-28H,10H2/b9-6+/t16-,18+,19-,20+,21+/m1/s1. The van der Waals surface area contributed by atoms with Crippen LogP contribution in [0.4, 0.5) is 5.69 Å². The van der Waals surface area contributed by atoms with Crippen molar-refractivity contribution in [2.45, 2.75) is 30.7 Å². The maximum Gasteiger partial charge on any atom is 0.269 e. The summed E-state index contributed by atoms with van der Waals surface area (Å²) in [6.45, 7) is -0.658. The van der Waals surface area contributed by atoms with Gasteiger partial charge in [0.1, 0.15) is 41.5 Å². The van der Waals surface area contributed by atoms with Gasteiger partial charge in [0, 0.05) is 12.1 Å². The molecule has 1 fully saturated rings. The summed E-state index contributed by atoms with van der Waals surface area (Å²) in [7, 11) is 0. The first-order chi connectivity index (χ1) is 15.2. The average molecular weight is 447 g/mol. The Kier molecular flexibility index (Phi) is 7.18. The van der Waals surface area contributed by atoms with Gasteiger partial charge in [0.25, 0.3) is 5.69 Å². The number of carbonyl (C=O) groups is 1. The molecule has 0 spiro atoms. The lowest BCUT2D eigenvalue weighted by molar-refractivity contribution is -0.384. The molecule has 0 bridgehead atoms. The molecule has 5 atom stereocenters. The van der Waals surface area contributed by atoms with Gasteiger partial charge < -0.3 is 35.0 Å². The number of phenols is 1.